The van der Waals surface area contributed by atoms with Gasteiger partial charge in [-0.15, -0.1) is 0 Å². The van der Waals surface area contributed by atoms with E-state index >= 15 is 0 Å². The summed E-state index contributed by atoms with van der Waals surface area (Å²) >= 11 is 0. The normalized spacial score (nSPS) is 10.3. The van der Waals surface area contributed by atoms with Gasteiger partial charge >= 0.3 is 0 Å². The number of benzene rings is 1. The molecule has 0 unspecified atom stereocenters. The molecular formula is C12H13N3O3. The minimum atomic E-state index is -0.241. The van der Waals surface area contributed by atoms with E-state index in [0.717, 1.165) is 0 Å². The Labute approximate surface area is 104 Å². The second-order valence-corrected chi connectivity index (χ2v) is 3.91. The summed E-state index contributed by atoms with van der Waals surface area (Å²) in [6, 6.07) is 4.58. The summed E-state index contributed by atoms with van der Waals surface area (Å²) in [4.78, 5) is 15.9. The van der Waals surface area contributed by atoms with Crippen molar-refractivity contribution in [2.45, 2.75) is 20.4 Å². The first kappa shape index (κ1) is 12.1. The molecule has 6 nitrogen and oxygen atoms in total. The zero-order valence-electron chi connectivity index (χ0n) is 10.1. The summed E-state index contributed by atoms with van der Waals surface area (Å²) in [5.74, 6) is 0.783. The minimum Gasteiger partial charge on any atom is -0.508 e. The van der Waals surface area contributed by atoms with Crippen molar-refractivity contribution in [2.24, 2.45) is 0 Å². The Morgan fingerprint density at radius 3 is 2.83 bits per heavy atom. The van der Waals surface area contributed by atoms with E-state index in [1.165, 1.54) is 12.1 Å². The number of nitrogens with zero attached hydrogens (tertiary/aromatic N) is 2. The highest BCUT2D eigenvalue weighted by Crippen LogP contribution is 2.15. The Hall–Kier alpha value is -2.37. The molecule has 6 heteroatoms. The largest absolute Gasteiger partial charge is 0.508 e. The molecule has 0 saturated carbocycles. The Kier molecular flexibility index (Phi) is 3.27. The quantitative estimate of drug-likeness (QED) is 0.854. The summed E-state index contributed by atoms with van der Waals surface area (Å²) in [7, 11) is 0. The van der Waals surface area contributed by atoms with Crippen molar-refractivity contribution in [2.75, 3.05) is 0 Å². The van der Waals surface area contributed by atoms with Crippen LogP contribution < -0.4 is 5.32 Å². The number of phenols is 1. The number of amides is 1. The van der Waals surface area contributed by atoms with E-state index in [-0.39, 0.29) is 18.2 Å². The van der Waals surface area contributed by atoms with Crippen molar-refractivity contribution in [3.05, 3.63) is 41.0 Å². The van der Waals surface area contributed by atoms with Gasteiger partial charge in [-0.1, -0.05) is 5.16 Å². The van der Waals surface area contributed by atoms with Gasteiger partial charge < -0.3 is 14.9 Å². The molecule has 0 aliphatic rings. The molecule has 2 rings (SSSR count). The van der Waals surface area contributed by atoms with E-state index in [4.69, 9.17) is 4.52 Å². The number of nitrogens with one attached hydrogen (secondary N) is 1. The molecule has 94 valence electrons. The monoisotopic (exact) mass is 247 g/mol. The van der Waals surface area contributed by atoms with Crippen LogP contribution in [0.1, 0.15) is 27.6 Å². The third kappa shape index (κ3) is 2.65. The van der Waals surface area contributed by atoms with Crippen molar-refractivity contribution in [1.29, 1.82) is 0 Å². The Morgan fingerprint density at radius 1 is 1.44 bits per heavy atom. The molecule has 2 N–H and O–H groups in total. The molecule has 0 bridgehead atoms. The van der Waals surface area contributed by atoms with Crippen LogP contribution in [0.4, 0.5) is 0 Å². The number of rotatable bonds is 3. The average Bonchev–Trinajstić information content (AvgIpc) is 2.72. The molecule has 0 aliphatic carbocycles. The highest BCUT2D eigenvalue weighted by molar-refractivity contribution is 5.95. The fraction of sp³-hybridized carbons (Fsp3) is 0.250. The third-order valence-electron chi connectivity index (χ3n) is 2.43. The lowest BCUT2D eigenvalue weighted by atomic mass is 10.1. The Bertz CT molecular complexity index is 578. The number of aryl methyl sites for hydroxylation is 2. The summed E-state index contributed by atoms with van der Waals surface area (Å²) < 4.78 is 4.80. The second kappa shape index (κ2) is 4.87. The molecule has 0 spiro atoms. The van der Waals surface area contributed by atoms with E-state index in [1.54, 1.807) is 19.9 Å². The van der Waals surface area contributed by atoms with Crippen LogP contribution in [0.5, 0.6) is 5.75 Å². The number of carbonyl (C=O) groups excluding carboxylic acids is 1. The van der Waals surface area contributed by atoms with E-state index in [0.29, 0.717) is 22.8 Å². The SMILES string of the molecule is Cc1nc(CNC(=O)c2ccc(O)cc2C)no1. The van der Waals surface area contributed by atoms with Gasteiger partial charge in [0.2, 0.25) is 5.89 Å². The van der Waals surface area contributed by atoms with E-state index in [2.05, 4.69) is 15.5 Å². The van der Waals surface area contributed by atoms with E-state index in [9.17, 15) is 9.90 Å². The number of phenolic OH excluding ortho intramolecular Hbond substituents is 1. The molecule has 0 radical (unpaired) electrons. The summed E-state index contributed by atoms with van der Waals surface area (Å²) in [5.41, 5.74) is 1.21. The predicted octanol–water partition coefficient (Wildman–Crippen LogP) is 1.32. The van der Waals surface area contributed by atoms with Gasteiger partial charge in [0.1, 0.15) is 5.75 Å². The van der Waals surface area contributed by atoms with Crippen LogP contribution >= 0.6 is 0 Å². The smallest absolute Gasteiger partial charge is 0.251 e. The molecule has 2 aromatic rings. The average molecular weight is 247 g/mol. The molecule has 18 heavy (non-hydrogen) atoms. The molecule has 1 aromatic carbocycles. The minimum absolute atomic E-state index is 0.137. The molecule has 0 aliphatic heterocycles. The lowest BCUT2D eigenvalue weighted by Gasteiger charge is -2.06. The molecule has 0 fully saturated rings. The van der Waals surface area contributed by atoms with Gasteiger partial charge in [-0.3, -0.25) is 4.79 Å². The number of hydrogen-bond donors (Lipinski definition) is 2. The lowest BCUT2D eigenvalue weighted by molar-refractivity contribution is 0.0949. The second-order valence-electron chi connectivity index (χ2n) is 3.91. The van der Waals surface area contributed by atoms with Crippen molar-refractivity contribution < 1.29 is 14.4 Å². The highest BCUT2D eigenvalue weighted by Gasteiger charge is 2.10. The van der Waals surface area contributed by atoms with Crippen molar-refractivity contribution >= 4 is 5.91 Å². The molecule has 0 atom stereocenters. The fourth-order valence-electron chi connectivity index (χ4n) is 1.57. The first-order valence-corrected chi connectivity index (χ1v) is 5.43. The molecule has 1 amide bonds. The zero-order valence-corrected chi connectivity index (χ0v) is 10.1. The van der Waals surface area contributed by atoms with Crippen LogP contribution in [0.15, 0.2) is 22.7 Å². The summed E-state index contributed by atoms with van der Waals surface area (Å²) in [6.45, 7) is 3.64. The van der Waals surface area contributed by atoms with E-state index < -0.39 is 0 Å². The maximum atomic E-state index is 11.9. The Balaban J connectivity index is 2.03. The molecule has 1 aromatic heterocycles. The fourth-order valence-corrected chi connectivity index (χ4v) is 1.57. The number of aromatic nitrogens is 2. The molecule has 1 heterocycles. The van der Waals surface area contributed by atoms with Gasteiger partial charge in [-0.25, -0.2) is 0 Å². The first-order chi connectivity index (χ1) is 8.56. The van der Waals surface area contributed by atoms with E-state index in [1.807, 2.05) is 0 Å². The lowest BCUT2D eigenvalue weighted by Crippen LogP contribution is -2.24. The van der Waals surface area contributed by atoms with Crippen LogP contribution in [0, 0.1) is 13.8 Å². The van der Waals surface area contributed by atoms with Crippen LogP contribution in [0.25, 0.3) is 0 Å². The summed E-state index contributed by atoms with van der Waals surface area (Å²) in [5, 5.41) is 15.6. The van der Waals surface area contributed by atoms with Gasteiger partial charge in [0, 0.05) is 12.5 Å². The van der Waals surface area contributed by atoms with Gasteiger partial charge in [0.15, 0.2) is 5.82 Å². The maximum absolute atomic E-state index is 11.9. The number of hydrogen-bond acceptors (Lipinski definition) is 5. The van der Waals surface area contributed by atoms with Crippen molar-refractivity contribution in [1.82, 2.24) is 15.5 Å². The Morgan fingerprint density at radius 2 is 2.22 bits per heavy atom. The molecule has 0 saturated heterocycles. The third-order valence-corrected chi connectivity index (χ3v) is 2.43. The van der Waals surface area contributed by atoms with Gasteiger partial charge in [0.05, 0.1) is 6.54 Å². The van der Waals surface area contributed by atoms with Crippen molar-refractivity contribution in [3.63, 3.8) is 0 Å². The standard InChI is InChI=1S/C12H13N3O3/c1-7-5-9(16)3-4-10(7)12(17)13-6-11-14-8(2)18-15-11/h3-5,16H,6H2,1-2H3,(H,13,17). The number of carbonyl (C=O) groups is 1. The topological polar surface area (TPSA) is 88.2 Å². The summed E-state index contributed by atoms with van der Waals surface area (Å²) in [6.07, 6.45) is 0. The van der Waals surface area contributed by atoms with Gasteiger partial charge in [0.25, 0.3) is 5.91 Å². The zero-order chi connectivity index (χ0) is 13.1. The van der Waals surface area contributed by atoms with Crippen molar-refractivity contribution in [3.8, 4) is 5.75 Å². The van der Waals surface area contributed by atoms with Crippen LogP contribution in [0.2, 0.25) is 0 Å². The van der Waals surface area contributed by atoms with Gasteiger partial charge in [-0.05, 0) is 30.7 Å². The highest BCUT2D eigenvalue weighted by atomic mass is 16.5. The maximum Gasteiger partial charge on any atom is 0.251 e. The number of aromatic hydroxyl groups is 1. The van der Waals surface area contributed by atoms with Crippen LogP contribution in [-0.4, -0.2) is 21.2 Å². The molecular weight excluding hydrogens is 234 g/mol. The van der Waals surface area contributed by atoms with Crippen LogP contribution in [0.3, 0.4) is 0 Å². The first-order valence-electron chi connectivity index (χ1n) is 5.43. The predicted molar refractivity (Wildman–Crippen MR) is 63.0 cm³/mol. The van der Waals surface area contributed by atoms with Crippen LogP contribution in [-0.2, 0) is 6.54 Å². The van der Waals surface area contributed by atoms with Gasteiger partial charge in [-0.2, -0.15) is 4.98 Å².